The van der Waals surface area contributed by atoms with Gasteiger partial charge in [0.05, 0.1) is 12.2 Å². The van der Waals surface area contributed by atoms with Crippen LogP contribution < -0.4 is 0 Å². The van der Waals surface area contributed by atoms with Crippen molar-refractivity contribution in [2.24, 2.45) is 11.8 Å². The first-order chi connectivity index (χ1) is 13.1. The van der Waals surface area contributed by atoms with E-state index in [0.717, 1.165) is 22.5 Å². The Morgan fingerprint density at radius 3 is 1.79 bits per heavy atom. The van der Waals surface area contributed by atoms with Crippen LogP contribution >= 0.6 is 0 Å². The number of hydrogen-bond donors (Lipinski definition) is 2. The first-order valence-electron chi connectivity index (χ1n) is 9.69. The summed E-state index contributed by atoms with van der Waals surface area (Å²) >= 11 is 0. The van der Waals surface area contributed by atoms with Gasteiger partial charge in [0, 0.05) is 58.5 Å². The van der Waals surface area contributed by atoms with Gasteiger partial charge in [-0.15, -0.1) is 0 Å². The van der Waals surface area contributed by atoms with Crippen LogP contribution in [0.1, 0.15) is 13.8 Å². The molecule has 154 valence electrons. The summed E-state index contributed by atoms with van der Waals surface area (Å²) in [4.78, 5) is 6.04. The van der Waals surface area contributed by atoms with E-state index in [1.165, 1.54) is 0 Å². The summed E-state index contributed by atoms with van der Waals surface area (Å²) in [5.74, 6) is -0.540. The molecule has 0 aromatic heterocycles. The van der Waals surface area contributed by atoms with E-state index in [1.807, 2.05) is 81.7 Å². The molecule has 1 heterocycles. The van der Waals surface area contributed by atoms with E-state index in [2.05, 4.69) is 30.9 Å². The molecular weight excluding hydrogens is 350 g/mol. The molecule has 0 amide bonds. The van der Waals surface area contributed by atoms with Crippen LogP contribution in [-0.2, 0) is 0 Å². The molecule has 5 heteroatoms. The minimum Gasteiger partial charge on any atom is -0.392 e. The standard InChI is InChI=1S/C23H35N3O2/c1-16-12-19(13-17(2)26(16)7)15-21-22(27)20(23(21)28)14-18(8-10-24(3)4)9-11-25(5)6/h8-15,20-23,27-28H,1-7H3/b10-8+,11-9+. The molecule has 2 rings (SSSR count). The van der Waals surface area contributed by atoms with Crippen molar-refractivity contribution < 1.29 is 10.2 Å². The average molecular weight is 386 g/mol. The quantitative estimate of drug-likeness (QED) is 0.689. The second-order valence-electron chi connectivity index (χ2n) is 8.16. The third-order valence-electron chi connectivity index (χ3n) is 5.29. The molecule has 0 bridgehead atoms. The molecule has 0 radical (unpaired) electrons. The highest BCUT2D eigenvalue weighted by Gasteiger charge is 2.46. The molecule has 1 aliphatic heterocycles. The zero-order valence-electron chi connectivity index (χ0n) is 18.2. The summed E-state index contributed by atoms with van der Waals surface area (Å²) in [5.41, 5.74) is 4.30. The number of rotatable bonds is 6. The zero-order chi connectivity index (χ0) is 21.0. The van der Waals surface area contributed by atoms with Crippen molar-refractivity contribution in [3.8, 4) is 0 Å². The van der Waals surface area contributed by atoms with Crippen LogP contribution in [0.4, 0.5) is 0 Å². The fourth-order valence-corrected chi connectivity index (χ4v) is 3.34. The molecule has 1 fully saturated rings. The van der Waals surface area contributed by atoms with Crippen molar-refractivity contribution in [2.75, 3.05) is 35.2 Å². The smallest absolute Gasteiger partial charge is 0.0716 e. The molecule has 28 heavy (non-hydrogen) atoms. The van der Waals surface area contributed by atoms with Crippen molar-refractivity contribution in [2.45, 2.75) is 26.1 Å². The molecule has 2 unspecified atom stereocenters. The summed E-state index contributed by atoms with van der Waals surface area (Å²) < 4.78 is 0. The second kappa shape index (κ2) is 9.30. The van der Waals surface area contributed by atoms with Gasteiger partial charge < -0.3 is 24.9 Å². The van der Waals surface area contributed by atoms with E-state index < -0.39 is 12.2 Å². The number of allylic oxidation sites excluding steroid dienone is 8. The number of hydrogen-bond acceptors (Lipinski definition) is 5. The predicted molar refractivity (Wildman–Crippen MR) is 116 cm³/mol. The Hall–Kier alpha value is -2.24. The Morgan fingerprint density at radius 2 is 1.36 bits per heavy atom. The van der Waals surface area contributed by atoms with Gasteiger partial charge in [-0.1, -0.05) is 12.2 Å². The Morgan fingerprint density at radius 1 is 0.893 bits per heavy atom. The van der Waals surface area contributed by atoms with Crippen LogP contribution in [-0.4, -0.2) is 72.4 Å². The molecule has 0 spiro atoms. The summed E-state index contributed by atoms with van der Waals surface area (Å²) in [7, 11) is 9.89. The largest absolute Gasteiger partial charge is 0.392 e. The first kappa shape index (κ1) is 22.1. The molecule has 0 aromatic rings. The minimum absolute atomic E-state index is 0.260. The highest BCUT2D eigenvalue weighted by Crippen LogP contribution is 2.39. The van der Waals surface area contributed by atoms with E-state index in [-0.39, 0.29) is 11.8 Å². The zero-order valence-corrected chi connectivity index (χ0v) is 18.2. The van der Waals surface area contributed by atoms with Gasteiger partial charge >= 0.3 is 0 Å². The number of aliphatic hydroxyl groups excluding tert-OH is 2. The molecule has 5 nitrogen and oxygen atoms in total. The Bertz CT molecular complexity index is 689. The highest BCUT2D eigenvalue weighted by atomic mass is 16.3. The Labute approximate surface area is 169 Å². The van der Waals surface area contributed by atoms with Crippen molar-refractivity contribution in [3.05, 3.63) is 71.4 Å². The Balaban J connectivity index is 2.19. The maximum absolute atomic E-state index is 10.7. The topological polar surface area (TPSA) is 50.2 Å². The molecule has 2 aliphatic rings. The summed E-state index contributed by atoms with van der Waals surface area (Å²) in [6.45, 7) is 4.12. The van der Waals surface area contributed by atoms with Crippen molar-refractivity contribution in [1.29, 1.82) is 0 Å². The fourth-order valence-electron chi connectivity index (χ4n) is 3.34. The van der Waals surface area contributed by atoms with E-state index >= 15 is 0 Å². The third-order valence-corrected chi connectivity index (χ3v) is 5.29. The SMILES string of the molecule is CC1=CC(=CC2C(O)C(C=C(/C=C/N(C)C)/C=C/N(C)C)C2O)C=C(C)N1C. The predicted octanol–water partition coefficient (Wildman–Crippen LogP) is 2.71. The van der Waals surface area contributed by atoms with E-state index in [1.54, 1.807) is 0 Å². The van der Waals surface area contributed by atoms with Gasteiger partial charge in [0.1, 0.15) is 0 Å². The van der Waals surface area contributed by atoms with Gasteiger partial charge in [0.15, 0.2) is 0 Å². The van der Waals surface area contributed by atoms with Crippen molar-refractivity contribution in [1.82, 2.24) is 14.7 Å². The molecule has 0 saturated heterocycles. The van der Waals surface area contributed by atoms with E-state index in [9.17, 15) is 10.2 Å². The van der Waals surface area contributed by atoms with E-state index in [4.69, 9.17) is 0 Å². The molecule has 1 aliphatic carbocycles. The van der Waals surface area contributed by atoms with Gasteiger partial charge in [-0.25, -0.2) is 0 Å². The maximum atomic E-state index is 10.7. The van der Waals surface area contributed by atoms with Gasteiger partial charge in [-0.3, -0.25) is 0 Å². The summed E-state index contributed by atoms with van der Waals surface area (Å²) in [6, 6.07) is 0. The van der Waals surface area contributed by atoms with Crippen LogP contribution in [0.25, 0.3) is 0 Å². The highest BCUT2D eigenvalue weighted by molar-refractivity contribution is 5.41. The molecular formula is C23H35N3O2. The Kier molecular flexibility index (Phi) is 7.33. The fraction of sp³-hybridized carbons (Fsp3) is 0.478. The lowest BCUT2D eigenvalue weighted by atomic mass is 9.67. The normalized spacial score (nSPS) is 27.5. The van der Waals surface area contributed by atoms with Gasteiger partial charge in [0.2, 0.25) is 0 Å². The summed E-state index contributed by atoms with van der Waals surface area (Å²) in [5, 5.41) is 21.4. The second-order valence-corrected chi connectivity index (χ2v) is 8.16. The molecule has 0 aromatic carbocycles. The van der Waals surface area contributed by atoms with Gasteiger partial charge in [-0.2, -0.15) is 0 Å². The minimum atomic E-state index is -0.597. The third kappa shape index (κ3) is 5.40. The van der Waals surface area contributed by atoms with Crippen LogP contribution in [0.3, 0.4) is 0 Å². The number of aliphatic hydroxyl groups is 2. The van der Waals surface area contributed by atoms with Crippen molar-refractivity contribution >= 4 is 0 Å². The van der Waals surface area contributed by atoms with Crippen LogP contribution in [0.15, 0.2) is 71.4 Å². The lowest BCUT2D eigenvalue weighted by molar-refractivity contribution is -0.110. The molecule has 2 atom stereocenters. The van der Waals surface area contributed by atoms with Crippen LogP contribution in [0.2, 0.25) is 0 Å². The lowest BCUT2D eigenvalue weighted by Gasteiger charge is -2.44. The first-order valence-corrected chi connectivity index (χ1v) is 9.69. The van der Waals surface area contributed by atoms with Gasteiger partial charge in [0.25, 0.3) is 0 Å². The van der Waals surface area contributed by atoms with Gasteiger partial charge in [-0.05, 0) is 61.7 Å². The van der Waals surface area contributed by atoms with Crippen LogP contribution in [0, 0.1) is 11.8 Å². The monoisotopic (exact) mass is 385 g/mol. The molecule has 1 saturated carbocycles. The summed E-state index contributed by atoms with van der Waals surface area (Å²) in [6.07, 6.45) is 14.8. The number of nitrogens with zero attached hydrogens (tertiary/aromatic N) is 3. The van der Waals surface area contributed by atoms with E-state index in [0.29, 0.717) is 0 Å². The van der Waals surface area contributed by atoms with Crippen LogP contribution in [0.5, 0.6) is 0 Å². The molecule has 2 N–H and O–H groups in total. The van der Waals surface area contributed by atoms with Crippen molar-refractivity contribution in [3.63, 3.8) is 0 Å². The lowest BCUT2D eigenvalue weighted by Crippen LogP contribution is -2.53. The average Bonchev–Trinajstić information content (AvgIpc) is 2.62. The maximum Gasteiger partial charge on any atom is 0.0716 e.